The van der Waals surface area contributed by atoms with E-state index in [4.69, 9.17) is 4.74 Å². The third-order valence-electron chi connectivity index (χ3n) is 3.83. The molecule has 1 aliphatic rings. The van der Waals surface area contributed by atoms with E-state index in [0.717, 1.165) is 28.6 Å². The minimum atomic E-state index is -4.07. The van der Waals surface area contributed by atoms with E-state index in [1.165, 1.54) is 7.11 Å². The molecule has 0 amide bonds. The summed E-state index contributed by atoms with van der Waals surface area (Å²) < 4.78 is 37.3. The summed E-state index contributed by atoms with van der Waals surface area (Å²) in [7, 11) is -2.89. The summed E-state index contributed by atoms with van der Waals surface area (Å²) in [5.74, 6) is -0.483. The van der Waals surface area contributed by atoms with Crippen molar-refractivity contribution in [3.05, 3.63) is 58.6 Å². The zero-order valence-corrected chi connectivity index (χ0v) is 14.4. The van der Waals surface area contributed by atoms with E-state index in [9.17, 15) is 23.3 Å². The summed E-state index contributed by atoms with van der Waals surface area (Å²) in [6.45, 7) is -0.275. The Kier molecular flexibility index (Phi) is 4.51. The molecule has 1 aliphatic heterocycles. The number of nitrogens with zero attached hydrogens (tertiary/aromatic N) is 2. The van der Waals surface area contributed by atoms with Crippen LogP contribution >= 0.6 is 0 Å². The van der Waals surface area contributed by atoms with Gasteiger partial charge in [0.1, 0.15) is 5.75 Å². The van der Waals surface area contributed by atoms with Gasteiger partial charge in [0.15, 0.2) is 0 Å². The maximum absolute atomic E-state index is 13.0. The van der Waals surface area contributed by atoms with Gasteiger partial charge in [-0.1, -0.05) is 12.1 Å². The van der Waals surface area contributed by atoms with Crippen molar-refractivity contribution in [1.29, 1.82) is 0 Å². The molecule has 136 valence electrons. The lowest BCUT2D eigenvalue weighted by atomic mass is 10.2. The number of para-hydroxylation sites is 2. The second-order valence-corrected chi connectivity index (χ2v) is 7.25. The number of non-ortho nitro benzene ring substituents is 1. The quantitative estimate of drug-likeness (QED) is 0.452. The first-order chi connectivity index (χ1) is 12.3. The van der Waals surface area contributed by atoms with Crippen molar-refractivity contribution in [3.8, 4) is 5.75 Å². The maximum Gasteiger partial charge on any atom is 0.348 e. The fourth-order valence-corrected chi connectivity index (χ4v) is 4.03. The molecule has 0 N–H and O–H groups in total. The Morgan fingerprint density at radius 1 is 1.23 bits per heavy atom. The minimum Gasteiger partial charge on any atom is -0.475 e. The van der Waals surface area contributed by atoms with Gasteiger partial charge in [-0.2, -0.15) is 0 Å². The first kappa shape index (κ1) is 17.7. The van der Waals surface area contributed by atoms with Crippen molar-refractivity contribution in [2.45, 2.75) is 11.0 Å². The third kappa shape index (κ3) is 3.06. The van der Waals surface area contributed by atoms with Crippen LogP contribution in [0.5, 0.6) is 5.75 Å². The Morgan fingerprint density at radius 2 is 1.88 bits per heavy atom. The molecule has 1 atom stereocenters. The molecular weight excluding hydrogens is 364 g/mol. The van der Waals surface area contributed by atoms with Crippen molar-refractivity contribution in [2.24, 2.45) is 0 Å². The van der Waals surface area contributed by atoms with Crippen LogP contribution in [-0.4, -0.2) is 39.1 Å². The zero-order valence-electron chi connectivity index (χ0n) is 13.6. The van der Waals surface area contributed by atoms with Gasteiger partial charge in [-0.3, -0.25) is 14.4 Å². The molecule has 2 aromatic carbocycles. The minimum absolute atomic E-state index is 0.136. The van der Waals surface area contributed by atoms with E-state index >= 15 is 0 Å². The van der Waals surface area contributed by atoms with E-state index in [-0.39, 0.29) is 28.6 Å². The van der Waals surface area contributed by atoms with Crippen molar-refractivity contribution < 1.29 is 27.6 Å². The van der Waals surface area contributed by atoms with Crippen LogP contribution in [0.15, 0.2) is 53.4 Å². The number of sulfonamides is 1. The number of nitro benzene ring substituents is 1. The number of ether oxygens (including phenoxy) is 2. The van der Waals surface area contributed by atoms with Crippen LogP contribution in [0.4, 0.5) is 11.4 Å². The third-order valence-corrected chi connectivity index (χ3v) is 5.63. The number of nitro groups is 1. The zero-order chi connectivity index (χ0) is 18.9. The Hall–Kier alpha value is -3.14. The van der Waals surface area contributed by atoms with Crippen LogP contribution < -0.4 is 9.04 Å². The number of carbonyl (C=O) groups is 1. The SMILES string of the molecule is COC(=O)[C@H]1CN(S(=O)(=O)c2ccc([N+](=O)[O-])cc2)c2ccccc2O1. The van der Waals surface area contributed by atoms with Crippen LogP contribution in [0, 0.1) is 10.1 Å². The van der Waals surface area contributed by atoms with Gasteiger partial charge >= 0.3 is 5.97 Å². The predicted octanol–water partition coefficient (Wildman–Crippen LogP) is 1.72. The van der Waals surface area contributed by atoms with Crippen LogP contribution in [0.1, 0.15) is 0 Å². The summed E-state index contributed by atoms with van der Waals surface area (Å²) in [4.78, 5) is 21.9. The fraction of sp³-hybridized carbons (Fsp3) is 0.188. The topological polar surface area (TPSA) is 116 Å². The number of rotatable bonds is 4. The lowest BCUT2D eigenvalue weighted by Crippen LogP contribution is -2.47. The van der Waals surface area contributed by atoms with Gasteiger partial charge in [0.2, 0.25) is 6.10 Å². The molecule has 0 fully saturated rings. The van der Waals surface area contributed by atoms with Crippen LogP contribution in [-0.2, 0) is 19.6 Å². The second kappa shape index (κ2) is 6.64. The van der Waals surface area contributed by atoms with Gasteiger partial charge in [-0.05, 0) is 24.3 Å². The summed E-state index contributed by atoms with van der Waals surface area (Å²) in [5.41, 5.74) is 0.0461. The van der Waals surface area contributed by atoms with E-state index in [0.29, 0.717) is 0 Å². The number of fused-ring (bicyclic) bond motifs is 1. The van der Waals surface area contributed by atoms with Crippen molar-refractivity contribution >= 4 is 27.4 Å². The normalized spacial score (nSPS) is 16.3. The van der Waals surface area contributed by atoms with Gasteiger partial charge in [0, 0.05) is 12.1 Å². The highest BCUT2D eigenvalue weighted by atomic mass is 32.2. The maximum atomic E-state index is 13.0. The summed E-state index contributed by atoms with van der Waals surface area (Å²) in [6.07, 6.45) is -1.12. The Balaban J connectivity index is 2.04. The van der Waals surface area contributed by atoms with Gasteiger partial charge in [-0.15, -0.1) is 0 Å². The molecule has 0 unspecified atom stereocenters. The summed E-state index contributed by atoms with van der Waals surface area (Å²) >= 11 is 0. The van der Waals surface area contributed by atoms with Gasteiger partial charge < -0.3 is 9.47 Å². The van der Waals surface area contributed by atoms with Crippen LogP contribution in [0.3, 0.4) is 0 Å². The largest absolute Gasteiger partial charge is 0.475 e. The van der Waals surface area contributed by atoms with Gasteiger partial charge in [-0.25, -0.2) is 13.2 Å². The number of methoxy groups -OCH3 is 1. The number of esters is 1. The van der Waals surface area contributed by atoms with Crippen molar-refractivity contribution in [2.75, 3.05) is 18.0 Å². The molecule has 0 spiro atoms. The second-order valence-electron chi connectivity index (χ2n) is 5.38. The van der Waals surface area contributed by atoms with E-state index in [1.54, 1.807) is 24.3 Å². The highest BCUT2D eigenvalue weighted by Crippen LogP contribution is 2.37. The highest BCUT2D eigenvalue weighted by molar-refractivity contribution is 7.92. The Bertz CT molecular complexity index is 957. The Labute approximate surface area is 149 Å². The molecular formula is C16H14N2O7S. The van der Waals surface area contributed by atoms with Crippen LogP contribution in [0.2, 0.25) is 0 Å². The number of anilines is 1. The van der Waals surface area contributed by atoms with Gasteiger partial charge in [0.05, 0.1) is 29.2 Å². The van der Waals surface area contributed by atoms with Crippen molar-refractivity contribution in [1.82, 2.24) is 0 Å². The van der Waals surface area contributed by atoms with E-state index < -0.39 is 27.0 Å². The highest BCUT2D eigenvalue weighted by Gasteiger charge is 2.38. The van der Waals surface area contributed by atoms with E-state index in [1.807, 2.05) is 0 Å². The number of benzene rings is 2. The molecule has 0 aromatic heterocycles. The molecule has 3 rings (SSSR count). The Morgan fingerprint density at radius 3 is 2.50 bits per heavy atom. The summed E-state index contributed by atoms with van der Waals surface area (Å²) in [5, 5.41) is 10.8. The molecule has 0 saturated heterocycles. The molecule has 2 aromatic rings. The number of carbonyl (C=O) groups excluding carboxylic acids is 1. The molecule has 9 nitrogen and oxygen atoms in total. The standard InChI is InChI=1S/C16H14N2O7S/c1-24-16(19)15-10-17(13-4-2-3-5-14(13)25-15)26(22,23)12-8-6-11(7-9-12)18(20)21/h2-9,15H,10H2,1H3/t15-/m1/s1. The fourth-order valence-electron chi connectivity index (χ4n) is 2.55. The molecule has 26 heavy (non-hydrogen) atoms. The molecule has 0 radical (unpaired) electrons. The molecule has 0 aliphatic carbocycles. The first-order valence-corrected chi connectivity index (χ1v) is 8.89. The smallest absolute Gasteiger partial charge is 0.348 e. The number of hydrogen-bond donors (Lipinski definition) is 0. The summed E-state index contributed by atoms with van der Waals surface area (Å²) in [6, 6.07) is 10.9. The molecule has 0 bridgehead atoms. The average Bonchev–Trinajstić information content (AvgIpc) is 2.66. The first-order valence-electron chi connectivity index (χ1n) is 7.45. The number of hydrogen-bond acceptors (Lipinski definition) is 7. The predicted molar refractivity (Wildman–Crippen MR) is 90.5 cm³/mol. The van der Waals surface area contributed by atoms with E-state index in [2.05, 4.69) is 4.74 Å². The molecule has 10 heteroatoms. The van der Waals surface area contributed by atoms with Crippen molar-refractivity contribution in [3.63, 3.8) is 0 Å². The average molecular weight is 378 g/mol. The molecule has 1 heterocycles. The van der Waals surface area contributed by atoms with Crippen LogP contribution in [0.25, 0.3) is 0 Å². The lowest BCUT2D eigenvalue weighted by Gasteiger charge is -2.34. The lowest BCUT2D eigenvalue weighted by molar-refractivity contribution is -0.384. The van der Waals surface area contributed by atoms with Gasteiger partial charge in [0.25, 0.3) is 15.7 Å². The molecule has 0 saturated carbocycles. The monoisotopic (exact) mass is 378 g/mol.